The van der Waals surface area contributed by atoms with Gasteiger partial charge >= 0.3 is 0 Å². The number of aryl methyl sites for hydroxylation is 1. The number of pyridine rings is 1. The molecule has 3 heteroatoms. The first-order chi connectivity index (χ1) is 9.11. The summed E-state index contributed by atoms with van der Waals surface area (Å²) in [7, 11) is 0. The number of nitrogens with zero attached hydrogens (tertiary/aromatic N) is 2. The van der Waals surface area contributed by atoms with E-state index < -0.39 is 0 Å². The van der Waals surface area contributed by atoms with Gasteiger partial charge in [0.05, 0.1) is 0 Å². The highest BCUT2D eigenvalue weighted by Gasteiger charge is 2.30. The van der Waals surface area contributed by atoms with Gasteiger partial charge in [-0.25, -0.2) is 0 Å². The Morgan fingerprint density at radius 2 is 2.16 bits per heavy atom. The molecule has 2 rings (SSSR count). The summed E-state index contributed by atoms with van der Waals surface area (Å²) < 4.78 is 0. The number of anilines is 1. The summed E-state index contributed by atoms with van der Waals surface area (Å²) in [6.45, 7) is 11.9. The third-order valence-corrected chi connectivity index (χ3v) is 3.52. The monoisotopic (exact) mass is 261 g/mol. The van der Waals surface area contributed by atoms with E-state index in [0.29, 0.717) is 5.92 Å². The lowest BCUT2D eigenvalue weighted by atomic mass is 10.1. The third kappa shape index (κ3) is 3.93. The van der Waals surface area contributed by atoms with Crippen LogP contribution in [0.3, 0.4) is 0 Å². The molecule has 19 heavy (non-hydrogen) atoms. The Labute approximate surface area is 117 Å². The number of nitrogens with one attached hydrogen (secondary N) is 1. The lowest BCUT2D eigenvalue weighted by Crippen LogP contribution is -2.31. The first kappa shape index (κ1) is 14.3. The molecule has 1 saturated carbocycles. The first-order valence-corrected chi connectivity index (χ1v) is 7.54. The van der Waals surface area contributed by atoms with Gasteiger partial charge in [-0.2, -0.15) is 0 Å². The van der Waals surface area contributed by atoms with E-state index in [1.807, 2.05) is 6.20 Å². The molecule has 1 aliphatic rings. The van der Waals surface area contributed by atoms with Crippen LogP contribution in [0, 0.1) is 12.8 Å². The van der Waals surface area contributed by atoms with Crippen LogP contribution in [0.5, 0.6) is 0 Å². The molecule has 1 aliphatic carbocycles. The Kier molecular flexibility index (Phi) is 4.81. The molecule has 0 saturated heterocycles. The maximum absolute atomic E-state index is 4.47. The Hall–Kier alpha value is -1.09. The van der Waals surface area contributed by atoms with Gasteiger partial charge in [0.1, 0.15) is 0 Å². The van der Waals surface area contributed by atoms with Gasteiger partial charge in [-0.15, -0.1) is 0 Å². The summed E-state index contributed by atoms with van der Waals surface area (Å²) in [6, 6.07) is 3.01. The Morgan fingerprint density at radius 1 is 1.42 bits per heavy atom. The lowest BCUT2D eigenvalue weighted by Gasteiger charge is -2.29. The van der Waals surface area contributed by atoms with Crippen LogP contribution in [0.4, 0.5) is 5.69 Å². The minimum absolute atomic E-state index is 0.695. The molecule has 3 nitrogen and oxygen atoms in total. The molecule has 0 amide bonds. The van der Waals surface area contributed by atoms with Crippen molar-refractivity contribution < 1.29 is 0 Å². The number of rotatable bonds is 7. The average Bonchev–Trinajstić information content (AvgIpc) is 3.18. The fourth-order valence-electron chi connectivity index (χ4n) is 2.46. The predicted molar refractivity (Wildman–Crippen MR) is 81.6 cm³/mol. The van der Waals surface area contributed by atoms with Crippen LogP contribution in [-0.2, 0) is 6.54 Å². The maximum Gasteiger partial charge on any atom is 0.0448 e. The van der Waals surface area contributed by atoms with Crippen molar-refractivity contribution in [1.82, 2.24) is 10.3 Å². The molecule has 1 N–H and O–H groups in total. The normalized spacial score (nSPS) is 15.0. The Morgan fingerprint density at radius 3 is 2.74 bits per heavy atom. The minimum atomic E-state index is 0.695. The molecule has 0 radical (unpaired) electrons. The van der Waals surface area contributed by atoms with Crippen LogP contribution in [0.25, 0.3) is 0 Å². The van der Waals surface area contributed by atoms with E-state index in [9.17, 15) is 0 Å². The SMILES string of the molecule is CCNCc1cnc(C)cc1N(CC(C)C)C1CC1. The van der Waals surface area contributed by atoms with Gasteiger partial charge in [0.25, 0.3) is 0 Å². The van der Waals surface area contributed by atoms with Crippen LogP contribution in [-0.4, -0.2) is 24.1 Å². The van der Waals surface area contributed by atoms with Crippen LogP contribution in [0.2, 0.25) is 0 Å². The number of hydrogen-bond acceptors (Lipinski definition) is 3. The lowest BCUT2D eigenvalue weighted by molar-refractivity contribution is 0.603. The summed E-state index contributed by atoms with van der Waals surface area (Å²) in [5.74, 6) is 0.695. The van der Waals surface area contributed by atoms with Crippen molar-refractivity contribution in [3.63, 3.8) is 0 Å². The maximum atomic E-state index is 4.47. The minimum Gasteiger partial charge on any atom is -0.368 e. The largest absolute Gasteiger partial charge is 0.368 e. The molecule has 1 aromatic heterocycles. The molecule has 0 aliphatic heterocycles. The standard InChI is InChI=1S/C16H27N3/c1-5-17-9-14-10-18-13(4)8-16(14)19(11-12(2)3)15-6-7-15/h8,10,12,15,17H,5-7,9,11H2,1-4H3. The van der Waals surface area contributed by atoms with E-state index in [0.717, 1.165) is 31.4 Å². The topological polar surface area (TPSA) is 28.2 Å². The molecule has 106 valence electrons. The first-order valence-electron chi connectivity index (χ1n) is 7.54. The van der Waals surface area contributed by atoms with Crippen LogP contribution >= 0.6 is 0 Å². The highest BCUT2D eigenvalue weighted by Crippen LogP contribution is 2.34. The van der Waals surface area contributed by atoms with Gasteiger partial charge in [0, 0.05) is 42.3 Å². The molecule has 1 fully saturated rings. The fraction of sp³-hybridized carbons (Fsp3) is 0.688. The predicted octanol–water partition coefficient (Wildman–Crippen LogP) is 3.12. The third-order valence-electron chi connectivity index (χ3n) is 3.52. The zero-order chi connectivity index (χ0) is 13.8. The highest BCUT2D eigenvalue weighted by molar-refractivity contribution is 5.55. The van der Waals surface area contributed by atoms with Gasteiger partial charge in [-0.1, -0.05) is 20.8 Å². The van der Waals surface area contributed by atoms with E-state index in [1.54, 1.807) is 0 Å². The molecule has 0 aromatic carbocycles. The summed E-state index contributed by atoms with van der Waals surface area (Å²) in [4.78, 5) is 7.07. The van der Waals surface area contributed by atoms with Gasteiger partial charge in [0.2, 0.25) is 0 Å². The quantitative estimate of drug-likeness (QED) is 0.817. The molecule has 0 unspecified atom stereocenters. The number of hydrogen-bond donors (Lipinski definition) is 1. The van der Waals surface area contributed by atoms with Crippen molar-refractivity contribution in [1.29, 1.82) is 0 Å². The summed E-state index contributed by atoms with van der Waals surface area (Å²) in [5, 5.41) is 3.43. The van der Waals surface area contributed by atoms with E-state index >= 15 is 0 Å². The molecule has 0 spiro atoms. The smallest absolute Gasteiger partial charge is 0.0448 e. The zero-order valence-electron chi connectivity index (χ0n) is 12.7. The average molecular weight is 261 g/mol. The van der Waals surface area contributed by atoms with Crippen molar-refractivity contribution >= 4 is 5.69 Å². The van der Waals surface area contributed by atoms with Crippen LogP contribution in [0.1, 0.15) is 44.9 Å². The molecule has 0 bridgehead atoms. The second kappa shape index (κ2) is 6.38. The van der Waals surface area contributed by atoms with E-state index in [4.69, 9.17) is 0 Å². The van der Waals surface area contributed by atoms with Crippen molar-refractivity contribution in [2.75, 3.05) is 18.0 Å². The van der Waals surface area contributed by atoms with Crippen molar-refractivity contribution in [2.45, 2.75) is 53.1 Å². The molecule has 1 heterocycles. The van der Waals surface area contributed by atoms with Gasteiger partial charge in [-0.3, -0.25) is 4.98 Å². The molecular formula is C16H27N3. The van der Waals surface area contributed by atoms with Crippen LogP contribution < -0.4 is 10.2 Å². The molecule has 1 aromatic rings. The van der Waals surface area contributed by atoms with Gasteiger partial charge < -0.3 is 10.2 Å². The zero-order valence-corrected chi connectivity index (χ0v) is 12.7. The van der Waals surface area contributed by atoms with E-state index in [2.05, 4.69) is 49.0 Å². The summed E-state index contributed by atoms with van der Waals surface area (Å²) >= 11 is 0. The fourth-order valence-corrected chi connectivity index (χ4v) is 2.46. The Bertz CT molecular complexity index is 410. The van der Waals surface area contributed by atoms with E-state index in [1.165, 1.54) is 24.1 Å². The number of aromatic nitrogens is 1. The second-order valence-corrected chi connectivity index (χ2v) is 6.01. The van der Waals surface area contributed by atoms with Crippen molar-refractivity contribution in [3.8, 4) is 0 Å². The molecular weight excluding hydrogens is 234 g/mol. The van der Waals surface area contributed by atoms with Crippen molar-refractivity contribution in [3.05, 3.63) is 23.5 Å². The summed E-state index contributed by atoms with van der Waals surface area (Å²) in [6.07, 6.45) is 4.73. The van der Waals surface area contributed by atoms with Crippen LogP contribution in [0.15, 0.2) is 12.3 Å². The van der Waals surface area contributed by atoms with Crippen molar-refractivity contribution in [2.24, 2.45) is 5.92 Å². The second-order valence-electron chi connectivity index (χ2n) is 6.01. The van der Waals surface area contributed by atoms with Gasteiger partial charge in [0.15, 0.2) is 0 Å². The Balaban J connectivity index is 2.25. The molecule has 0 atom stereocenters. The van der Waals surface area contributed by atoms with Gasteiger partial charge in [-0.05, 0) is 38.3 Å². The highest BCUT2D eigenvalue weighted by atomic mass is 15.2. The van der Waals surface area contributed by atoms with E-state index in [-0.39, 0.29) is 0 Å². The summed E-state index contributed by atoms with van der Waals surface area (Å²) in [5.41, 5.74) is 3.84.